The predicted molar refractivity (Wildman–Crippen MR) is 95.0 cm³/mol. The molecule has 0 aliphatic carbocycles. The summed E-state index contributed by atoms with van der Waals surface area (Å²) >= 11 is 11.3. The topological polar surface area (TPSA) is 74.8 Å². The first kappa shape index (κ1) is 16.5. The molecule has 0 saturated carbocycles. The highest BCUT2D eigenvalue weighted by molar-refractivity contribution is 8.22. The number of nitrogens with two attached hydrogens (primary N) is 1. The van der Waals surface area contributed by atoms with E-state index >= 15 is 0 Å². The lowest BCUT2D eigenvalue weighted by atomic mass is 10.2. The van der Waals surface area contributed by atoms with Crippen molar-refractivity contribution in [2.75, 3.05) is 0 Å². The van der Waals surface area contributed by atoms with E-state index in [4.69, 9.17) is 18.0 Å². The largest absolute Gasteiger partial charge is 0.375 e. The Hall–Kier alpha value is -1.51. The summed E-state index contributed by atoms with van der Waals surface area (Å²) in [5.74, 6) is 0.804. The van der Waals surface area contributed by atoms with Crippen molar-refractivity contribution in [3.05, 3.63) is 35.9 Å². The standard InChI is InChI=1S/C12H15N5S3/c1-9(15-16-11(13)18)7-14-17-12(19)20-8-10-5-3-2-4-6-10/h2-7H,8H2,1H3,(H,17,19)(H3,13,16,18). The Morgan fingerprint density at radius 2 is 2.00 bits per heavy atom. The van der Waals surface area contributed by atoms with Crippen molar-refractivity contribution in [3.63, 3.8) is 0 Å². The second-order valence-electron chi connectivity index (χ2n) is 3.66. The molecule has 106 valence electrons. The zero-order valence-corrected chi connectivity index (χ0v) is 13.3. The lowest BCUT2D eigenvalue weighted by molar-refractivity contribution is 1.03. The fraction of sp³-hybridized carbons (Fsp3) is 0.167. The number of rotatable bonds is 5. The summed E-state index contributed by atoms with van der Waals surface area (Å²) in [4.78, 5) is 0. The molecule has 0 spiro atoms. The van der Waals surface area contributed by atoms with Gasteiger partial charge in [0.1, 0.15) is 0 Å². The predicted octanol–water partition coefficient (Wildman–Crippen LogP) is 1.99. The number of hydrogen-bond donors (Lipinski definition) is 3. The Balaban J connectivity index is 2.29. The number of thiocarbonyl (C=S) groups is 2. The summed E-state index contributed by atoms with van der Waals surface area (Å²) < 4.78 is 0.597. The van der Waals surface area contributed by atoms with Crippen LogP contribution < -0.4 is 16.6 Å². The second kappa shape index (κ2) is 9.40. The van der Waals surface area contributed by atoms with Gasteiger partial charge in [0.15, 0.2) is 9.43 Å². The van der Waals surface area contributed by atoms with Crippen molar-refractivity contribution in [2.45, 2.75) is 12.7 Å². The summed E-state index contributed by atoms with van der Waals surface area (Å²) in [5, 5.41) is 7.96. The first-order valence-electron chi connectivity index (χ1n) is 5.67. The van der Waals surface area contributed by atoms with Crippen molar-refractivity contribution < 1.29 is 0 Å². The average Bonchev–Trinajstić information content (AvgIpc) is 2.44. The van der Waals surface area contributed by atoms with Crippen molar-refractivity contribution in [3.8, 4) is 0 Å². The van der Waals surface area contributed by atoms with Crippen LogP contribution in [0.4, 0.5) is 0 Å². The van der Waals surface area contributed by atoms with Gasteiger partial charge in [0, 0.05) is 5.75 Å². The van der Waals surface area contributed by atoms with Gasteiger partial charge in [-0.3, -0.25) is 10.9 Å². The van der Waals surface area contributed by atoms with Gasteiger partial charge < -0.3 is 5.73 Å². The number of nitrogens with zero attached hydrogens (tertiary/aromatic N) is 2. The molecule has 8 heteroatoms. The molecular weight excluding hydrogens is 310 g/mol. The maximum atomic E-state index is 5.24. The van der Waals surface area contributed by atoms with Crippen LogP contribution in [0.1, 0.15) is 12.5 Å². The molecule has 1 aromatic rings. The fourth-order valence-electron chi connectivity index (χ4n) is 1.11. The molecule has 0 saturated heterocycles. The quantitative estimate of drug-likeness (QED) is 0.437. The van der Waals surface area contributed by atoms with Gasteiger partial charge in [-0.1, -0.05) is 54.3 Å². The van der Waals surface area contributed by atoms with Crippen LogP contribution in [0.15, 0.2) is 40.5 Å². The normalized spacial score (nSPS) is 11.3. The lowest BCUT2D eigenvalue weighted by Crippen LogP contribution is -2.25. The van der Waals surface area contributed by atoms with E-state index < -0.39 is 0 Å². The smallest absolute Gasteiger partial charge is 0.184 e. The molecule has 0 aromatic heterocycles. The molecule has 0 fully saturated rings. The van der Waals surface area contributed by atoms with Gasteiger partial charge in [-0.25, -0.2) is 0 Å². The molecule has 5 nitrogen and oxygen atoms in total. The van der Waals surface area contributed by atoms with E-state index in [1.165, 1.54) is 23.5 Å². The van der Waals surface area contributed by atoms with Crippen molar-refractivity contribution in [2.24, 2.45) is 15.9 Å². The Morgan fingerprint density at radius 3 is 2.65 bits per heavy atom. The number of benzene rings is 1. The zero-order valence-electron chi connectivity index (χ0n) is 10.9. The molecule has 0 heterocycles. The van der Waals surface area contributed by atoms with Crippen LogP contribution >= 0.6 is 36.2 Å². The number of thioether (sulfide) groups is 1. The first-order chi connectivity index (χ1) is 9.58. The van der Waals surface area contributed by atoms with Crippen LogP contribution in [0.3, 0.4) is 0 Å². The van der Waals surface area contributed by atoms with Crippen molar-refractivity contribution >= 4 is 57.6 Å². The molecule has 0 aliphatic heterocycles. The molecule has 0 radical (unpaired) electrons. The van der Waals surface area contributed by atoms with Crippen LogP contribution in [-0.2, 0) is 5.75 Å². The number of nitrogens with one attached hydrogen (secondary N) is 2. The molecule has 4 N–H and O–H groups in total. The van der Waals surface area contributed by atoms with Crippen LogP contribution in [0, 0.1) is 0 Å². The minimum absolute atomic E-state index is 0.111. The van der Waals surface area contributed by atoms with Crippen molar-refractivity contribution in [1.29, 1.82) is 0 Å². The third-order valence-corrected chi connectivity index (χ3v) is 3.33. The highest BCUT2D eigenvalue weighted by atomic mass is 32.2. The fourth-order valence-corrected chi connectivity index (χ4v) is 1.99. The van der Waals surface area contributed by atoms with Gasteiger partial charge in [0.05, 0.1) is 11.9 Å². The van der Waals surface area contributed by atoms with E-state index in [1.807, 2.05) is 18.2 Å². The summed E-state index contributed by atoms with van der Waals surface area (Å²) in [6.07, 6.45) is 1.53. The molecule has 0 unspecified atom stereocenters. The molecule has 1 aromatic carbocycles. The average molecular weight is 325 g/mol. The molecule has 0 bridgehead atoms. The first-order valence-corrected chi connectivity index (χ1v) is 7.47. The third-order valence-electron chi connectivity index (χ3n) is 1.96. The van der Waals surface area contributed by atoms with Gasteiger partial charge in [-0.15, -0.1) is 0 Å². The second-order valence-corrected chi connectivity index (χ2v) is 5.75. The summed E-state index contributed by atoms with van der Waals surface area (Å²) in [6.45, 7) is 1.76. The van der Waals surface area contributed by atoms with E-state index in [-0.39, 0.29) is 5.11 Å². The van der Waals surface area contributed by atoms with Crippen LogP contribution in [0.25, 0.3) is 0 Å². The number of hydrazone groups is 2. The van der Waals surface area contributed by atoms with E-state index in [1.54, 1.807) is 6.92 Å². The van der Waals surface area contributed by atoms with Crippen molar-refractivity contribution in [1.82, 2.24) is 10.9 Å². The zero-order chi connectivity index (χ0) is 14.8. The van der Waals surface area contributed by atoms with E-state index in [9.17, 15) is 0 Å². The highest BCUT2D eigenvalue weighted by Gasteiger charge is 1.97. The maximum Gasteiger partial charge on any atom is 0.184 e. The molecule has 0 amide bonds. The molecular formula is C12H15N5S3. The Kier molecular flexibility index (Phi) is 7.78. The van der Waals surface area contributed by atoms with Crippen LogP contribution in [0.5, 0.6) is 0 Å². The Morgan fingerprint density at radius 1 is 1.30 bits per heavy atom. The van der Waals surface area contributed by atoms with Gasteiger partial charge in [-0.05, 0) is 24.7 Å². The Bertz CT molecular complexity index is 513. The SMILES string of the molecule is CC(C=NNC(=S)SCc1ccccc1)=NNC(N)=S. The third kappa shape index (κ3) is 7.82. The van der Waals surface area contributed by atoms with Crippen LogP contribution in [-0.4, -0.2) is 21.4 Å². The molecule has 0 atom stereocenters. The maximum absolute atomic E-state index is 5.24. The van der Waals surface area contributed by atoms with E-state index in [2.05, 4.69) is 45.4 Å². The monoisotopic (exact) mass is 325 g/mol. The van der Waals surface area contributed by atoms with E-state index in [0.717, 1.165) is 5.75 Å². The van der Waals surface area contributed by atoms with Gasteiger partial charge in [-0.2, -0.15) is 10.2 Å². The van der Waals surface area contributed by atoms with Crippen LogP contribution in [0.2, 0.25) is 0 Å². The highest BCUT2D eigenvalue weighted by Crippen LogP contribution is 2.12. The molecule has 1 rings (SSSR count). The minimum Gasteiger partial charge on any atom is -0.375 e. The van der Waals surface area contributed by atoms with E-state index in [0.29, 0.717) is 10.0 Å². The van der Waals surface area contributed by atoms with Gasteiger partial charge in [0.25, 0.3) is 0 Å². The molecule has 0 aliphatic rings. The Labute approximate surface area is 133 Å². The van der Waals surface area contributed by atoms with Gasteiger partial charge in [0.2, 0.25) is 0 Å². The van der Waals surface area contributed by atoms with Gasteiger partial charge >= 0.3 is 0 Å². The lowest BCUT2D eigenvalue weighted by Gasteiger charge is -2.02. The minimum atomic E-state index is 0.111. The summed E-state index contributed by atoms with van der Waals surface area (Å²) in [7, 11) is 0. The number of hydrogen-bond acceptors (Lipinski definition) is 5. The summed E-state index contributed by atoms with van der Waals surface area (Å²) in [5.41, 5.74) is 12.3. The molecule has 20 heavy (non-hydrogen) atoms. The summed E-state index contributed by atoms with van der Waals surface area (Å²) in [6, 6.07) is 10.1.